The maximum absolute atomic E-state index is 4.84. The molecule has 0 aromatic carbocycles. The smallest absolute Gasteiger partial charge is 0.141 e. The molecule has 2 aromatic heterocycles. The normalized spacial score (nSPS) is 20.0. The van der Waals surface area contributed by atoms with Crippen LogP contribution in [0.1, 0.15) is 29.1 Å². The first-order valence-electron chi connectivity index (χ1n) is 8.07. The van der Waals surface area contributed by atoms with Gasteiger partial charge in [-0.1, -0.05) is 0 Å². The minimum atomic E-state index is 0.919. The molecule has 1 aliphatic carbocycles. The van der Waals surface area contributed by atoms with Crippen LogP contribution in [-0.4, -0.2) is 43.2 Å². The van der Waals surface area contributed by atoms with E-state index in [9.17, 15) is 0 Å². The first kappa shape index (κ1) is 13.5. The fourth-order valence-electron chi connectivity index (χ4n) is 3.57. The predicted molar refractivity (Wildman–Crippen MR) is 87.6 cm³/mol. The largest absolute Gasteiger partial charge is 0.345 e. The molecule has 0 bridgehead atoms. The molecule has 4 rings (SSSR count). The van der Waals surface area contributed by atoms with Crippen molar-refractivity contribution in [2.24, 2.45) is 0 Å². The molecule has 1 saturated heterocycles. The molecule has 2 aromatic rings. The number of nitrogens with zero attached hydrogens (tertiary/aromatic N) is 3. The minimum absolute atomic E-state index is 0.919. The fraction of sp³-hybridized carbons (Fsp3) is 0.625. The van der Waals surface area contributed by atoms with Crippen molar-refractivity contribution in [1.29, 1.82) is 0 Å². The van der Waals surface area contributed by atoms with Gasteiger partial charge in [0.15, 0.2) is 0 Å². The van der Waals surface area contributed by atoms with Gasteiger partial charge in [-0.3, -0.25) is 0 Å². The zero-order valence-corrected chi connectivity index (χ0v) is 13.7. The zero-order chi connectivity index (χ0) is 14.4. The average Bonchev–Trinajstić information content (AvgIpc) is 2.85. The van der Waals surface area contributed by atoms with Crippen LogP contribution >= 0.6 is 11.3 Å². The number of anilines is 1. The third kappa shape index (κ3) is 2.32. The van der Waals surface area contributed by atoms with Crippen LogP contribution in [0.2, 0.25) is 0 Å². The fourth-order valence-corrected chi connectivity index (χ4v) is 4.87. The molecule has 1 N–H and O–H groups in total. The molecular formula is C16H23N4S+. The van der Waals surface area contributed by atoms with Crippen molar-refractivity contribution in [3.8, 4) is 0 Å². The Morgan fingerprint density at radius 2 is 1.86 bits per heavy atom. The van der Waals surface area contributed by atoms with Gasteiger partial charge in [-0.05, 0) is 38.2 Å². The third-order valence-electron chi connectivity index (χ3n) is 4.82. The highest BCUT2D eigenvalue weighted by molar-refractivity contribution is 7.19. The number of nitrogens with one attached hydrogen (secondary N) is 1. The summed E-state index contributed by atoms with van der Waals surface area (Å²) >= 11 is 1.91. The van der Waals surface area contributed by atoms with E-state index in [2.05, 4.69) is 11.9 Å². The first-order chi connectivity index (χ1) is 10.2. The van der Waals surface area contributed by atoms with Crippen molar-refractivity contribution < 1.29 is 4.90 Å². The maximum atomic E-state index is 4.84. The van der Waals surface area contributed by atoms with E-state index in [1.54, 1.807) is 15.3 Å². The second-order valence-corrected chi connectivity index (χ2v) is 7.51. The number of likely N-dealkylation sites (N-methyl/N-ethyl adjacent to an activating group) is 1. The van der Waals surface area contributed by atoms with Gasteiger partial charge in [-0.15, -0.1) is 11.3 Å². The van der Waals surface area contributed by atoms with Crippen LogP contribution in [-0.2, 0) is 12.8 Å². The van der Waals surface area contributed by atoms with Crippen molar-refractivity contribution in [2.45, 2.75) is 32.6 Å². The molecule has 0 unspecified atom stereocenters. The standard InChI is InChI=1S/C16H22N4S/c1-11-17-15(20-9-7-19(2)8-10-20)14-12-5-3-4-6-13(12)21-16(14)18-11/h3-10H2,1-2H3/p+1. The van der Waals surface area contributed by atoms with Crippen LogP contribution in [0.5, 0.6) is 0 Å². The van der Waals surface area contributed by atoms with Crippen molar-refractivity contribution in [3.63, 3.8) is 0 Å². The van der Waals surface area contributed by atoms with Gasteiger partial charge in [0, 0.05) is 4.88 Å². The summed E-state index contributed by atoms with van der Waals surface area (Å²) in [4.78, 5) is 16.5. The lowest BCUT2D eigenvalue weighted by atomic mass is 9.97. The molecule has 0 atom stereocenters. The molecule has 5 heteroatoms. The maximum Gasteiger partial charge on any atom is 0.141 e. The number of thiophene rings is 1. The average molecular weight is 303 g/mol. The number of hydrogen-bond acceptors (Lipinski definition) is 4. The summed E-state index contributed by atoms with van der Waals surface area (Å²) < 4.78 is 0. The number of aryl methyl sites for hydroxylation is 3. The molecule has 3 heterocycles. The number of quaternary nitrogens is 1. The van der Waals surface area contributed by atoms with E-state index >= 15 is 0 Å². The molecule has 21 heavy (non-hydrogen) atoms. The van der Waals surface area contributed by atoms with E-state index in [1.807, 2.05) is 18.3 Å². The molecule has 0 spiro atoms. The van der Waals surface area contributed by atoms with Gasteiger partial charge in [0.25, 0.3) is 0 Å². The predicted octanol–water partition coefficient (Wildman–Crippen LogP) is 1.21. The third-order valence-corrected chi connectivity index (χ3v) is 6.01. The topological polar surface area (TPSA) is 33.5 Å². The zero-order valence-electron chi connectivity index (χ0n) is 12.9. The number of fused-ring (bicyclic) bond motifs is 3. The molecule has 0 radical (unpaired) electrons. The molecule has 1 aliphatic heterocycles. The van der Waals surface area contributed by atoms with E-state index in [0.29, 0.717) is 0 Å². The Balaban J connectivity index is 1.85. The van der Waals surface area contributed by atoms with Gasteiger partial charge in [0.1, 0.15) is 16.5 Å². The molecule has 2 aliphatic rings. The van der Waals surface area contributed by atoms with E-state index in [0.717, 1.165) is 18.9 Å². The Bertz CT molecular complexity index is 670. The van der Waals surface area contributed by atoms with E-state index in [4.69, 9.17) is 9.97 Å². The Hall–Kier alpha value is -1.20. The van der Waals surface area contributed by atoms with Crippen LogP contribution in [0.3, 0.4) is 0 Å². The van der Waals surface area contributed by atoms with Crippen molar-refractivity contribution in [2.75, 3.05) is 38.1 Å². The molecule has 4 nitrogen and oxygen atoms in total. The highest BCUT2D eigenvalue weighted by atomic mass is 32.1. The second kappa shape index (κ2) is 5.21. The monoisotopic (exact) mass is 303 g/mol. The van der Waals surface area contributed by atoms with E-state index < -0.39 is 0 Å². The summed E-state index contributed by atoms with van der Waals surface area (Å²) in [7, 11) is 2.28. The van der Waals surface area contributed by atoms with Crippen LogP contribution < -0.4 is 9.80 Å². The van der Waals surface area contributed by atoms with Gasteiger partial charge >= 0.3 is 0 Å². The molecule has 0 saturated carbocycles. The SMILES string of the molecule is Cc1nc(N2CC[NH+](C)CC2)c2c3c(sc2n1)CCCC3. The highest BCUT2D eigenvalue weighted by Crippen LogP contribution is 2.39. The highest BCUT2D eigenvalue weighted by Gasteiger charge is 2.25. The van der Waals surface area contributed by atoms with Crippen LogP contribution in [0.25, 0.3) is 10.2 Å². The van der Waals surface area contributed by atoms with Gasteiger partial charge in [0.2, 0.25) is 0 Å². The second-order valence-electron chi connectivity index (χ2n) is 6.43. The minimum Gasteiger partial charge on any atom is -0.345 e. The van der Waals surface area contributed by atoms with E-state index in [-0.39, 0.29) is 0 Å². The summed E-state index contributed by atoms with van der Waals surface area (Å²) in [5, 5.41) is 1.37. The lowest BCUT2D eigenvalue weighted by molar-refractivity contribution is -0.880. The van der Waals surface area contributed by atoms with Gasteiger partial charge in [0.05, 0.1) is 38.6 Å². The van der Waals surface area contributed by atoms with Crippen LogP contribution in [0.4, 0.5) is 5.82 Å². The molecular weight excluding hydrogens is 280 g/mol. The van der Waals surface area contributed by atoms with Crippen molar-refractivity contribution >= 4 is 27.4 Å². The van der Waals surface area contributed by atoms with Crippen molar-refractivity contribution in [1.82, 2.24) is 9.97 Å². The molecule has 112 valence electrons. The molecule has 1 fully saturated rings. The van der Waals surface area contributed by atoms with Crippen molar-refractivity contribution in [3.05, 3.63) is 16.3 Å². The Morgan fingerprint density at radius 3 is 2.67 bits per heavy atom. The first-order valence-corrected chi connectivity index (χ1v) is 8.89. The summed E-state index contributed by atoms with van der Waals surface area (Å²) in [6.07, 6.45) is 5.11. The van der Waals surface area contributed by atoms with Gasteiger partial charge in [-0.2, -0.15) is 0 Å². The number of piperazine rings is 1. The summed E-state index contributed by atoms with van der Waals surface area (Å²) in [5.41, 5.74) is 1.56. The van der Waals surface area contributed by atoms with Gasteiger partial charge in [-0.25, -0.2) is 9.97 Å². The Kier molecular flexibility index (Phi) is 3.34. The molecule has 0 amide bonds. The van der Waals surface area contributed by atoms with Crippen LogP contribution in [0.15, 0.2) is 0 Å². The summed E-state index contributed by atoms with van der Waals surface area (Å²) in [6, 6.07) is 0. The summed E-state index contributed by atoms with van der Waals surface area (Å²) in [6.45, 7) is 6.67. The Morgan fingerprint density at radius 1 is 1.10 bits per heavy atom. The van der Waals surface area contributed by atoms with Crippen LogP contribution in [0, 0.1) is 6.92 Å². The lowest BCUT2D eigenvalue weighted by Crippen LogP contribution is -3.12. The Labute approximate surface area is 129 Å². The number of rotatable bonds is 1. The van der Waals surface area contributed by atoms with E-state index in [1.165, 1.54) is 54.8 Å². The summed E-state index contributed by atoms with van der Waals surface area (Å²) in [5.74, 6) is 2.13. The van der Waals surface area contributed by atoms with Gasteiger partial charge < -0.3 is 9.80 Å². The number of aromatic nitrogens is 2. The lowest BCUT2D eigenvalue weighted by Gasteiger charge is -2.31. The number of hydrogen-bond donors (Lipinski definition) is 1. The quantitative estimate of drug-likeness (QED) is 0.860.